The molecule has 1 N–H and O–H groups in total. The summed E-state index contributed by atoms with van der Waals surface area (Å²) in [6.45, 7) is 1.24. The van der Waals surface area contributed by atoms with E-state index in [0.29, 0.717) is 11.8 Å². The Bertz CT molecular complexity index is 891. The molecule has 0 aliphatic carbocycles. The zero-order valence-electron chi connectivity index (χ0n) is 14.1. The van der Waals surface area contributed by atoms with Crippen molar-refractivity contribution in [2.45, 2.75) is 13.1 Å². The van der Waals surface area contributed by atoms with E-state index in [1.54, 1.807) is 6.07 Å². The largest absolute Gasteiger partial charge is 0.478 e. The zero-order chi connectivity index (χ0) is 20.2. The Balaban J connectivity index is 2.34. The highest BCUT2D eigenvalue weighted by atomic mass is 19.4. The Morgan fingerprint density at radius 2 is 1.85 bits per heavy atom. The molecule has 27 heavy (non-hydrogen) atoms. The highest BCUT2D eigenvalue weighted by Gasteiger charge is 2.33. The number of hydrogen-bond acceptors (Lipinski definition) is 3. The number of nitrogens with zero attached hydrogens (tertiary/aromatic N) is 1. The number of carbonyl (C=O) groups is 2. The number of hydrogen-bond donors (Lipinski definition) is 1. The van der Waals surface area contributed by atoms with E-state index in [-0.39, 0.29) is 23.5 Å². The summed E-state index contributed by atoms with van der Waals surface area (Å²) in [4.78, 5) is 24.0. The lowest BCUT2D eigenvalue weighted by atomic mass is 10.1. The number of rotatable bonds is 6. The van der Waals surface area contributed by atoms with Crippen molar-refractivity contribution in [2.24, 2.45) is 0 Å². The molecule has 0 amide bonds. The molecule has 0 aliphatic heterocycles. The molecular weight excluding hydrogens is 366 g/mol. The molecule has 0 heterocycles. The fourth-order valence-electron chi connectivity index (χ4n) is 2.33. The Morgan fingerprint density at radius 1 is 1.15 bits per heavy atom. The molecule has 4 nitrogen and oxygen atoms in total. The van der Waals surface area contributed by atoms with E-state index in [0.717, 1.165) is 12.1 Å². The van der Waals surface area contributed by atoms with E-state index in [1.165, 1.54) is 42.3 Å². The van der Waals surface area contributed by atoms with Gasteiger partial charge in [0.15, 0.2) is 0 Å². The van der Waals surface area contributed by atoms with E-state index in [4.69, 9.17) is 5.11 Å². The summed E-state index contributed by atoms with van der Waals surface area (Å²) in [5, 5.41) is 9.07. The Kier molecular flexibility index (Phi) is 5.99. The third-order valence-electron chi connectivity index (χ3n) is 3.56. The average molecular weight is 381 g/mol. The van der Waals surface area contributed by atoms with Crippen molar-refractivity contribution in [3.05, 3.63) is 71.2 Å². The minimum atomic E-state index is -4.79. The van der Waals surface area contributed by atoms with Gasteiger partial charge in [0.05, 0.1) is 17.7 Å². The van der Waals surface area contributed by atoms with E-state index < -0.39 is 23.5 Å². The number of alkyl halides is 3. The molecule has 0 spiro atoms. The molecule has 0 atom stereocenters. The third kappa shape index (κ3) is 5.40. The smallest absolute Gasteiger partial charge is 0.419 e. The van der Waals surface area contributed by atoms with Crippen LogP contribution in [0.25, 0.3) is 6.08 Å². The second kappa shape index (κ2) is 8.03. The van der Waals surface area contributed by atoms with Gasteiger partial charge in [-0.15, -0.1) is 0 Å². The first-order chi connectivity index (χ1) is 12.6. The summed E-state index contributed by atoms with van der Waals surface area (Å²) in [7, 11) is 0. The van der Waals surface area contributed by atoms with Crippen LogP contribution >= 0.6 is 0 Å². The zero-order valence-corrected chi connectivity index (χ0v) is 14.1. The van der Waals surface area contributed by atoms with E-state index >= 15 is 0 Å². The number of carboxylic acid groups (broad SMARTS) is 1. The van der Waals surface area contributed by atoms with Crippen LogP contribution < -0.4 is 4.90 Å². The molecule has 0 saturated heterocycles. The Hall–Kier alpha value is -3.16. The lowest BCUT2D eigenvalue weighted by molar-refractivity contribution is -0.140. The summed E-state index contributed by atoms with van der Waals surface area (Å²) in [6.07, 6.45) is -2.08. The monoisotopic (exact) mass is 381 g/mol. The average Bonchev–Trinajstić information content (AvgIpc) is 2.57. The van der Waals surface area contributed by atoms with Crippen LogP contribution in [0, 0.1) is 5.82 Å². The standard InChI is InChI=1S/C19H15F4NO3/c1-12(25)11-24(15-4-2-3-14(10-15)18(26)27)8-7-13-5-6-16(17(20)9-13)19(21,22)23/h2-10H,11H2,1H3,(H,26,27). The van der Waals surface area contributed by atoms with Crippen molar-refractivity contribution < 1.29 is 32.3 Å². The van der Waals surface area contributed by atoms with Crippen LogP contribution in [0.1, 0.15) is 28.4 Å². The summed E-state index contributed by atoms with van der Waals surface area (Å²) in [5.41, 5.74) is -0.804. The van der Waals surface area contributed by atoms with Crippen molar-refractivity contribution in [3.63, 3.8) is 0 Å². The molecule has 2 aromatic carbocycles. The van der Waals surface area contributed by atoms with E-state index in [9.17, 15) is 27.2 Å². The lowest BCUT2D eigenvalue weighted by Crippen LogP contribution is -2.23. The first-order valence-electron chi connectivity index (χ1n) is 7.72. The van der Waals surface area contributed by atoms with Crippen LogP contribution in [0.15, 0.2) is 48.7 Å². The van der Waals surface area contributed by atoms with Crippen LogP contribution in [-0.2, 0) is 11.0 Å². The lowest BCUT2D eigenvalue weighted by Gasteiger charge is -2.19. The highest BCUT2D eigenvalue weighted by Crippen LogP contribution is 2.31. The van der Waals surface area contributed by atoms with Crippen molar-refractivity contribution in [1.29, 1.82) is 0 Å². The first kappa shape index (κ1) is 20.2. The topological polar surface area (TPSA) is 57.6 Å². The molecule has 0 aromatic heterocycles. The van der Waals surface area contributed by atoms with Crippen LogP contribution in [0.2, 0.25) is 0 Å². The number of carbonyl (C=O) groups excluding carboxylic acids is 1. The number of halogens is 4. The molecule has 8 heteroatoms. The Labute approximate surface area is 152 Å². The molecule has 2 aromatic rings. The quantitative estimate of drug-likeness (QED) is 0.743. The van der Waals surface area contributed by atoms with Gasteiger partial charge in [0.1, 0.15) is 11.6 Å². The molecule has 0 radical (unpaired) electrons. The van der Waals surface area contributed by atoms with Gasteiger partial charge in [-0.3, -0.25) is 4.79 Å². The van der Waals surface area contributed by atoms with Gasteiger partial charge in [-0.25, -0.2) is 9.18 Å². The fourth-order valence-corrected chi connectivity index (χ4v) is 2.33. The summed E-state index contributed by atoms with van der Waals surface area (Å²) >= 11 is 0. The first-order valence-corrected chi connectivity index (χ1v) is 7.72. The van der Waals surface area contributed by atoms with Crippen LogP contribution in [-0.4, -0.2) is 23.4 Å². The van der Waals surface area contributed by atoms with Crippen molar-refractivity contribution in [3.8, 4) is 0 Å². The second-order valence-corrected chi connectivity index (χ2v) is 5.74. The number of aromatic carboxylic acids is 1. The molecule has 0 unspecified atom stereocenters. The van der Waals surface area contributed by atoms with Crippen LogP contribution in [0.5, 0.6) is 0 Å². The number of ketones is 1. The van der Waals surface area contributed by atoms with Gasteiger partial charge in [-0.2, -0.15) is 13.2 Å². The van der Waals surface area contributed by atoms with Gasteiger partial charge < -0.3 is 10.0 Å². The predicted molar refractivity (Wildman–Crippen MR) is 91.9 cm³/mol. The maximum absolute atomic E-state index is 13.7. The van der Waals surface area contributed by atoms with Crippen LogP contribution in [0.4, 0.5) is 23.2 Å². The van der Waals surface area contributed by atoms with E-state index in [1.807, 2.05) is 0 Å². The van der Waals surface area contributed by atoms with Crippen molar-refractivity contribution >= 4 is 23.5 Å². The number of anilines is 1. The normalized spacial score (nSPS) is 11.6. The van der Waals surface area contributed by atoms with Gasteiger partial charge >= 0.3 is 12.1 Å². The van der Waals surface area contributed by atoms with Crippen molar-refractivity contribution in [2.75, 3.05) is 11.4 Å². The fraction of sp³-hybridized carbons (Fsp3) is 0.158. The SMILES string of the molecule is CC(=O)CN(C=Cc1ccc(C(F)(F)F)c(F)c1)c1cccc(C(=O)O)c1. The minimum absolute atomic E-state index is 0.00928. The number of carboxylic acids is 1. The molecule has 0 aliphatic rings. The van der Waals surface area contributed by atoms with E-state index in [2.05, 4.69) is 0 Å². The number of Topliss-reactive ketones (excluding diaryl/α,β-unsaturated/α-hetero) is 1. The molecule has 0 fully saturated rings. The summed E-state index contributed by atoms with van der Waals surface area (Å²) in [6, 6.07) is 8.27. The molecule has 142 valence electrons. The van der Waals surface area contributed by atoms with Crippen LogP contribution in [0.3, 0.4) is 0 Å². The molecular formula is C19H15F4NO3. The van der Waals surface area contributed by atoms with Gasteiger partial charge in [-0.1, -0.05) is 12.1 Å². The summed E-state index contributed by atoms with van der Waals surface area (Å²) in [5.74, 6) is -2.77. The van der Waals surface area contributed by atoms with Gasteiger partial charge in [0.2, 0.25) is 0 Å². The maximum atomic E-state index is 13.7. The van der Waals surface area contributed by atoms with Gasteiger partial charge in [-0.05, 0) is 48.9 Å². The van der Waals surface area contributed by atoms with Gasteiger partial charge in [0.25, 0.3) is 0 Å². The number of benzene rings is 2. The summed E-state index contributed by atoms with van der Waals surface area (Å²) < 4.78 is 51.5. The molecule has 2 rings (SSSR count). The molecule has 0 bridgehead atoms. The maximum Gasteiger partial charge on any atom is 0.419 e. The van der Waals surface area contributed by atoms with Gasteiger partial charge in [0, 0.05) is 11.9 Å². The Morgan fingerprint density at radius 3 is 2.41 bits per heavy atom. The minimum Gasteiger partial charge on any atom is -0.478 e. The third-order valence-corrected chi connectivity index (χ3v) is 3.56. The predicted octanol–water partition coefficient (Wildman–Crippen LogP) is 4.61. The second-order valence-electron chi connectivity index (χ2n) is 5.74. The highest BCUT2D eigenvalue weighted by molar-refractivity contribution is 5.89. The molecule has 0 saturated carbocycles. The van der Waals surface area contributed by atoms with Crippen molar-refractivity contribution in [1.82, 2.24) is 0 Å².